The largest absolute Gasteiger partial charge is 0.416 e. The fraction of sp³-hybridized carbons (Fsp3) is 0.190. The number of carbonyl (C=O) groups is 1. The molecule has 1 aliphatic carbocycles. The Morgan fingerprint density at radius 2 is 1.83 bits per heavy atom. The monoisotopic (exact) mass is 428 g/mol. The van der Waals surface area contributed by atoms with Gasteiger partial charge in [-0.3, -0.25) is 4.79 Å². The number of hydrogen-bond acceptors (Lipinski definition) is 4. The fourth-order valence-corrected chi connectivity index (χ4v) is 4.52. The number of hydrogen-bond donors (Lipinski definition) is 1. The molecule has 1 N–H and O–H groups in total. The molecule has 2 heterocycles. The summed E-state index contributed by atoms with van der Waals surface area (Å²) in [6.07, 6.45) is -1.90. The number of anilines is 1. The van der Waals surface area contributed by atoms with Crippen LogP contribution in [0.25, 0.3) is 15.3 Å². The second-order valence-corrected chi connectivity index (χ2v) is 8.04. The standard InChI is InChI=1S/C21H15F3N4OS/c22-21(23,24)13-10-8-12(9-11-13)19(29)26-18-14-4-3-6-15(14)27-28(18)20-25-16-5-1-2-7-17(16)30-20/h1-2,5,7-11H,3-4,6H2,(H,26,29). The number of benzene rings is 2. The fourth-order valence-electron chi connectivity index (χ4n) is 3.60. The molecule has 0 fully saturated rings. The average molecular weight is 428 g/mol. The van der Waals surface area contributed by atoms with Gasteiger partial charge in [-0.15, -0.1) is 0 Å². The molecule has 2 aromatic heterocycles. The second-order valence-electron chi connectivity index (χ2n) is 7.03. The molecule has 0 radical (unpaired) electrons. The summed E-state index contributed by atoms with van der Waals surface area (Å²) >= 11 is 1.46. The van der Waals surface area contributed by atoms with Crippen LogP contribution >= 0.6 is 11.3 Å². The highest BCUT2D eigenvalue weighted by Crippen LogP contribution is 2.34. The molecular weight excluding hydrogens is 413 g/mol. The third-order valence-corrected chi connectivity index (χ3v) is 6.09. The molecule has 4 aromatic rings. The van der Waals surface area contributed by atoms with E-state index < -0.39 is 17.6 Å². The number of aromatic nitrogens is 3. The zero-order chi connectivity index (χ0) is 20.9. The summed E-state index contributed by atoms with van der Waals surface area (Å²) in [4.78, 5) is 17.4. The number of aryl methyl sites for hydroxylation is 1. The van der Waals surface area contributed by atoms with Crippen molar-refractivity contribution >= 4 is 33.3 Å². The Balaban J connectivity index is 1.50. The Morgan fingerprint density at radius 3 is 2.57 bits per heavy atom. The van der Waals surface area contributed by atoms with E-state index in [2.05, 4.69) is 15.4 Å². The van der Waals surface area contributed by atoms with Gasteiger partial charge in [-0.1, -0.05) is 23.5 Å². The number of carbonyl (C=O) groups excluding carboxylic acids is 1. The normalized spacial score (nSPS) is 13.6. The molecule has 1 amide bonds. The van der Waals surface area contributed by atoms with Crippen LogP contribution in [0.1, 0.15) is 33.6 Å². The molecule has 0 bridgehead atoms. The Morgan fingerprint density at radius 1 is 1.07 bits per heavy atom. The molecule has 2 aromatic carbocycles. The number of nitrogens with one attached hydrogen (secondary N) is 1. The van der Waals surface area contributed by atoms with Crippen LogP contribution < -0.4 is 5.32 Å². The molecule has 0 spiro atoms. The van der Waals surface area contributed by atoms with Crippen molar-refractivity contribution in [2.45, 2.75) is 25.4 Å². The Labute approximate surface area is 173 Å². The van der Waals surface area contributed by atoms with Crippen LogP contribution in [0.15, 0.2) is 48.5 Å². The summed E-state index contributed by atoms with van der Waals surface area (Å²) in [6, 6.07) is 11.9. The first-order valence-electron chi connectivity index (χ1n) is 9.35. The highest BCUT2D eigenvalue weighted by Gasteiger charge is 2.30. The molecule has 30 heavy (non-hydrogen) atoms. The van der Waals surface area contributed by atoms with Crippen LogP contribution in [0.5, 0.6) is 0 Å². The van der Waals surface area contributed by atoms with Gasteiger partial charge in [0.25, 0.3) is 5.91 Å². The predicted octanol–water partition coefficient (Wildman–Crippen LogP) is 5.24. The van der Waals surface area contributed by atoms with Gasteiger partial charge in [0.1, 0.15) is 5.82 Å². The molecule has 5 rings (SSSR count). The molecule has 5 nitrogen and oxygen atoms in total. The zero-order valence-electron chi connectivity index (χ0n) is 15.5. The summed E-state index contributed by atoms with van der Waals surface area (Å²) in [5, 5.41) is 8.14. The molecule has 0 saturated heterocycles. The van der Waals surface area contributed by atoms with Crippen molar-refractivity contribution in [2.24, 2.45) is 0 Å². The predicted molar refractivity (Wildman–Crippen MR) is 108 cm³/mol. The van der Waals surface area contributed by atoms with Gasteiger partial charge >= 0.3 is 6.18 Å². The summed E-state index contributed by atoms with van der Waals surface area (Å²) in [5.41, 5.74) is 2.06. The van der Waals surface area contributed by atoms with E-state index in [4.69, 9.17) is 0 Å². The van der Waals surface area contributed by atoms with E-state index in [-0.39, 0.29) is 5.56 Å². The van der Waals surface area contributed by atoms with Gasteiger partial charge < -0.3 is 5.32 Å². The van der Waals surface area contributed by atoms with E-state index >= 15 is 0 Å². The van der Waals surface area contributed by atoms with Crippen LogP contribution in [0.4, 0.5) is 19.0 Å². The first-order valence-corrected chi connectivity index (χ1v) is 10.2. The maximum Gasteiger partial charge on any atom is 0.416 e. The van der Waals surface area contributed by atoms with Crippen molar-refractivity contribution in [1.29, 1.82) is 0 Å². The lowest BCUT2D eigenvalue weighted by Crippen LogP contribution is -2.16. The van der Waals surface area contributed by atoms with Gasteiger partial charge in [0, 0.05) is 11.1 Å². The minimum absolute atomic E-state index is 0.145. The second kappa shape index (κ2) is 6.94. The molecule has 0 aliphatic heterocycles. The zero-order valence-corrected chi connectivity index (χ0v) is 16.3. The first-order chi connectivity index (χ1) is 14.4. The smallest absolute Gasteiger partial charge is 0.306 e. The molecule has 152 valence electrons. The van der Waals surface area contributed by atoms with Crippen LogP contribution in [-0.2, 0) is 19.0 Å². The van der Waals surface area contributed by atoms with Crippen LogP contribution in [-0.4, -0.2) is 20.7 Å². The van der Waals surface area contributed by atoms with Crippen LogP contribution in [0.3, 0.4) is 0 Å². The number of nitrogens with zero attached hydrogens (tertiary/aromatic N) is 3. The molecule has 0 atom stereocenters. The number of halogens is 3. The molecule has 0 saturated carbocycles. The lowest BCUT2D eigenvalue weighted by Gasteiger charge is -2.10. The highest BCUT2D eigenvalue weighted by molar-refractivity contribution is 7.20. The molecular formula is C21H15F3N4OS. The molecule has 0 unspecified atom stereocenters. The molecule has 9 heteroatoms. The number of alkyl halides is 3. The topological polar surface area (TPSA) is 59.8 Å². The third kappa shape index (κ3) is 3.24. The Hall–Kier alpha value is -3.20. The van der Waals surface area contributed by atoms with Crippen LogP contribution in [0.2, 0.25) is 0 Å². The Kier molecular flexibility index (Phi) is 4.35. The Bertz CT molecular complexity index is 1220. The van der Waals surface area contributed by atoms with Crippen molar-refractivity contribution < 1.29 is 18.0 Å². The minimum atomic E-state index is -4.44. The highest BCUT2D eigenvalue weighted by atomic mass is 32.1. The van der Waals surface area contributed by atoms with Gasteiger partial charge in [-0.25, -0.2) is 4.98 Å². The van der Waals surface area contributed by atoms with Crippen molar-refractivity contribution in [1.82, 2.24) is 14.8 Å². The first kappa shape index (κ1) is 18.8. The number of rotatable bonds is 3. The van der Waals surface area contributed by atoms with Crippen molar-refractivity contribution in [3.63, 3.8) is 0 Å². The van der Waals surface area contributed by atoms with Crippen molar-refractivity contribution in [3.8, 4) is 5.13 Å². The summed E-state index contributed by atoms with van der Waals surface area (Å²) in [5.74, 6) is 0.0483. The quantitative estimate of drug-likeness (QED) is 0.485. The molecule has 1 aliphatic rings. The van der Waals surface area contributed by atoms with Crippen molar-refractivity contribution in [2.75, 3.05) is 5.32 Å². The SMILES string of the molecule is O=C(Nc1c2c(nn1-c1nc3ccccc3s1)CCC2)c1ccc(C(F)(F)F)cc1. The van der Waals surface area contributed by atoms with E-state index in [9.17, 15) is 18.0 Å². The number of fused-ring (bicyclic) bond motifs is 2. The van der Waals surface area contributed by atoms with E-state index in [0.717, 1.165) is 52.9 Å². The summed E-state index contributed by atoms with van der Waals surface area (Å²) in [7, 11) is 0. The van der Waals surface area contributed by atoms with Gasteiger partial charge in [0.15, 0.2) is 0 Å². The maximum atomic E-state index is 12.8. The lowest BCUT2D eigenvalue weighted by atomic mass is 10.1. The van der Waals surface area contributed by atoms with Gasteiger partial charge in [-0.2, -0.15) is 23.0 Å². The number of amides is 1. The van der Waals surface area contributed by atoms with Crippen molar-refractivity contribution in [3.05, 3.63) is 70.9 Å². The lowest BCUT2D eigenvalue weighted by molar-refractivity contribution is -0.137. The summed E-state index contributed by atoms with van der Waals surface area (Å²) in [6.45, 7) is 0. The average Bonchev–Trinajstić information content (AvgIpc) is 3.42. The van der Waals surface area contributed by atoms with E-state index in [1.54, 1.807) is 4.68 Å². The summed E-state index contributed by atoms with van der Waals surface area (Å²) < 4.78 is 41.0. The number of thiazole rings is 1. The van der Waals surface area contributed by atoms with Gasteiger partial charge in [0.2, 0.25) is 5.13 Å². The van der Waals surface area contributed by atoms with Gasteiger partial charge in [-0.05, 0) is 55.7 Å². The van der Waals surface area contributed by atoms with Gasteiger partial charge in [0.05, 0.1) is 21.5 Å². The third-order valence-electron chi connectivity index (χ3n) is 5.08. The van der Waals surface area contributed by atoms with E-state index in [1.807, 2.05) is 24.3 Å². The van der Waals surface area contributed by atoms with E-state index in [1.165, 1.54) is 23.5 Å². The number of para-hydroxylation sites is 1. The maximum absolute atomic E-state index is 12.8. The van der Waals surface area contributed by atoms with E-state index in [0.29, 0.717) is 10.9 Å². The minimum Gasteiger partial charge on any atom is -0.306 e. The van der Waals surface area contributed by atoms with Crippen LogP contribution in [0, 0.1) is 0 Å².